The number of benzene rings is 1. The van der Waals surface area contributed by atoms with Crippen molar-refractivity contribution in [1.82, 2.24) is 0 Å². The highest BCUT2D eigenvalue weighted by Crippen LogP contribution is 2.27. The van der Waals surface area contributed by atoms with Crippen LogP contribution in [0.5, 0.6) is 5.75 Å². The van der Waals surface area contributed by atoms with Crippen molar-refractivity contribution in [3.8, 4) is 5.75 Å². The summed E-state index contributed by atoms with van der Waals surface area (Å²) in [6, 6.07) is 5.97. The van der Waals surface area contributed by atoms with Gasteiger partial charge in [0, 0.05) is 23.6 Å². The molecule has 25 heavy (non-hydrogen) atoms. The summed E-state index contributed by atoms with van der Waals surface area (Å²) in [5.74, 6) is 0.471. The van der Waals surface area contributed by atoms with Crippen molar-refractivity contribution >= 4 is 15.9 Å². The predicted octanol–water partition coefficient (Wildman–Crippen LogP) is 5.75. The molecule has 2 rings (SSSR count). The van der Waals surface area contributed by atoms with Gasteiger partial charge in [0.2, 0.25) is 0 Å². The lowest BCUT2D eigenvalue weighted by atomic mass is 10.2. The SMILES string of the molecule is C.COC(C)(C)C.Cc1c(Br)cccc1OCCC1COC(C)(C)O1. The van der Waals surface area contributed by atoms with Crippen LogP contribution in [0.1, 0.15) is 54.0 Å². The number of methoxy groups -OCH3 is 1. The highest BCUT2D eigenvalue weighted by atomic mass is 79.9. The second-order valence-electron chi connectivity index (χ2n) is 7.27. The molecule has 0 bridgehead atoms. The van der Waals surface area contributed by atoms with E-state index in [4.69, 9.17) is 18.9 Å². The van der Waals surface area contributed by atoms with E-state index in [0.717, 1.165) is 22.2 Å². The number of hydrogen-bond donors (Lipinski definition) is 0. The van der Waals surface area contributed by atoms with Crippen molar-refractivity contribution in [1.29, 1.82) is 0 Å². The molecule has 0 saturated carbocycles. The third-order valence-electron chi connectivity index (χ3n) is 3.60. The summed E-state index contributed by atoms with van der Waals surface area (Å²) in [4.78, 5) is 0. The van der Waals surface area contributed by atoms with Crippen molar-refractivity contribution < 1.29 is 18.9 Å². The fourth-order valence-electron chi connectivity index (χ4n) is 1.95. The molecule has 0 aliphatic carbocycles. The van der Waals surface area contributed by atoms with Gasteiger partial charge in [0.25, 0.3) is 0 Å². The maximum Gasteiger partial charge on any atom is 0.163 e. The Morgan fingerprint density at radius 3 is 2.36 bits per heavy atom. The Balaban J connectivity index is 0.000000715. The van der Waals surface area contributed by atoms with Gasteiger partial charge >= 0.3 is 0 Å². The molecule has 0 N–H and O–H groups in total. The van der Waals surface area contributed by atoms with Crippen LogP contribution in [0.2, 0.25) is 0 Å². The molecule has 0 aromatic heterocycles. The largest absolute Gasteiger partial charge is 0.493 e. The fraction of sp³-hybridized carbons (Fsp3) is 0.700. The van der Waals surface area contributed by atoms with Gasteiger partial charge < -0.3 is 18.9 Å². The molecule has 1 aliphatic heterocycles. The first-order valence-electron chi connectivity index (χ1n) is 8.29. The number of rotatable bonds is 4. The third kappa shape index (κ3) is 9.59. The van der Waals surface area contributed by atoms with Crippen LogP contribution in [0, 0.1) is 6.92 Å². The molecule has 1 aromatic rings. The number of hydrogen-bond acceptors (Lipinski definition) is 4. The van der Waals surface area contributed by atoms with Crippen molar-refractivity contribution in [2.45, 2.75) is 72.9 Å². The van der Waals surface area contributed by atoms with Crippen LogP contribution in [0.3, 0.4) is 0 Å². The van der Waals surface area contributed by atoms with Crippen molar-refractivity contribution in [2.24, 2.45) is 0 Å². The Bertz CT molecular complexity index is 509. The normalized spacial score (nSPS) is 18.8. The van der Waals surface area contributed by atoms with E-state index in [1.54, 1.807) is 7.11 Å². The lowest BCUT2D eigenvalue weighted by Gasteiger charge is -2.17. The monoisotopic (exact) mass is 418 g/mol. The van der Waals surface area contributed by atoms with Gasteiger partial charge in [0.1, 0.15) is 5.75 Å². The predicted molar refractivity (Wildman–Crippen MR) is 107 cm³/mol. The van der Waals surface area contributed by atoms with Crippen LogP contribution in [0.15, 0.2) is 22.7 Å². The van der Waals surface area contributed by atoms with Gasteiger partial charge in [0.15, 0.2) is 5.79 Å². The Morgan fingerprint density at radius 1 is 1.28 bits per heavy atom. The van der Waals surface area contributed by atoms with Gasteiger partial charge in [-0.2, -0.15) is 0 Å². The van der Waals surface area contributed by atoms with E-state index in [2.05, 4.69) is 15.9 Å². The second kappa shape index (κ2) is 10.5. The molecule has 1 saturated heterocycles. The maximum absolute atomic E-state index is 5.78. The van der Waals surface area contributed by atoms with E-state index in [9.17, 15) is 0 Å². The molecule has 1 unspecified atom stereocenters. The smallest absolute Gasteiger partial charge is 0.163 e. The number of ether oxygens (including phenoxy) is 4. The molecule has 1 heterocycles. The molecule has 1 fully saturated rings. The zero-order valence-corrected chi connectivity index (χ0v) is 17.5. The highest BCUT2D eigenvalue weighted by molar-refractivity contribution is 9.10. The average Bonchev–Trinajstić information content (AvgIpc) is 2.83. The summed E-state index contributed by atoms with van der Waals surface area (Å²) < 4.78 is 23.0. The minimum Gasteiger partial charge on any atom is -0.493 e. The molecule has 0 radical (unpaired) electrons. The lowest BCUT2D eigenvalue weighted by Crippen LogP contribution is -2.22. The van der Waals surface area contributed by atoms with Gasteiger partial charge in [0.05, 0.1) is 24.9 Å². The summed E-state index contributed by atoms with van der Waals surface area (Å²) in [6.45, 7) is 13.3. The van der Waals surface area contributed by atoms with Gasteiger partial charge in [-0.1, -0.05) is 29.4 Å². The van der Waals surface area contributed by atoms with Crippen LogP contribution in [0.4, 0.5) is 0 Å². The Hall–Kier alpha value is -0.620. The van der Waals surface area contributed by atoms with Gasteiger partial charge in [-0.25, -0.2) is 0 Å². The summed E-state index contributed by atoms with van der Waals surface area (Å²) in [7, 11) is 1.71. The maximum atomic E-state index is 5.78. The lowest BCUT2D eigenvalue weighted by molar-refractivity contribution is -0.139. The van der Waals surface area contributed by atoms with Crippen molar-refractivity contribution in [2.75, 3.05) is 20.3 Å². The second-order valence-corrected chi connectivity index (χ2v) is 8.12. The van der Waals surface area contributed by atoms with E-state index < -0.39 is 5.79 Å². The Morgan fingerprint density at radius 2 is 1.88 bits per heavy atom. The Kier molecular flexibility index (Phi) is 10.2. The fourth-order valence-corrected chi connectivity index (χ4v) is 2.30. The van der Waals surface area contributed by atoms with Gasteiger partial charge in [-0.15, -0.1) is 0 Å². The molecular weight excluding hydrogens is 384 g/mol. The standard InChI is InChI=1S/C14H19BrO3.C5H12O.CH4/c1-10-12(15)5-4-6-13(10)16-8-7-11-9-17-14(2,3)18-11;1-5(2,3)6-4;/h4-6,11H,7-9H2,1-3H3;1-4H3;1H4. The molecule has 1 aromatic carbocycles. The minimum absolute atomic E-state index is 0. The summed E-state index contributed by atoms with van der Waals surface area (Å²) in [5.41, 5.74) is 1.17. The van der Waals surface area contributed by atoms with Crippen LogP contribution in [-0.2, 0) is 14.2 Å². The third-order valence-corrected chi connectivity index (χ3v) is 4.45. The summed E-state index contributed by atoms with van der Waals surface area (Å²) >= 11 is 3.49. The van der Waals surface area contributed by atoms with Gasteiger partial charge in [-0.05, 0) is 53.7 Å². The van der Waals surface area contributed by atoms with E-state index in [1.807, 2.05) is 59.7 Å². The van der Waals surface area contributed by atoms with Crippen molar-refractivity contribution in [3.05, 3.63) is 28.2 Å². The number of halogens is 1. The zero-order chi connectivity index (χ0) is 18.4. The van der Waals surface area contributed by atoms with Crippen molar-refractivity contribution in [3.63, 3.8) is 0 Å². The first kappa shape index (κ1) is 24.4. The van der Waals surface area contributed by atoms with E-state index in [-0.39, 0.29) is 19.1 Å². The van der Waals surface area contributed by atoms with E-state index >= 15 is 0 Å². The molecular formula is C20H35BrO4. The van der Waals surface area contributed by atoms with Crippen LogP contribution in [0.25, 0.3) is 0 Å². The van der Waals surface area contributed by atoms with E-state index in [1.165, 1.54) is 0 Å². The summed E-state index contributed by atoms with van der Waals surface area (Å²) in [6.07, 6.45) is 0.975. The average molecular weight is 419 g/mol. The summed E-state index contributed by atoms with van der Waals surface area (Å²) in [5, 5.41) is 0. The topological polar surface area (TPSA) is 36.9 Å². The molecule has 4 nitrogen and oxygen atoms in total. The van der Waals surface area contributed by atoms with Gasteiger partial charge in [-0.3, -0.25) is 0 Å². The first-order valence-corrected chi connectivity index (χ1v) is 9.08. The molecule has 5 heteroatoms. The van der Waals surface area contributed by atoms with Crippen LogP contribution >= 0.6 is 15.9 Å². The van der Waals surface area contributed by atoms with Crippen LogP contribution < -0.4 is 4.74 Å². The van der Waals surface area contributed by atoms with Crippen LogP contribution in [-0.4, -0.2) is 37.8 Å². The molecule has 0 spiro atoms. The minimum atomic E-state index is -0.448. The molecule has 1 atom stereocenters. The quantitative estimate of drug-likeness (QED) is 0.623. The first-order chi connectivity index (χ1) is 11.0. The zero-order valence-electron chi connectivity index (χ0n) is 15.9. The highest BCUT2D eigenvalue weighted by Gasteiger charge is 2.32. The molecule has 0 amide bonds. The van der Waals surface area contributed by atoms with E-state index in [0.29, 0.717) is 13.2 Å². The Labute approximate surface area is 162 Å². The molecule has 146 valence electrons. The molecule has 1 aliphatic rings.